The predicted octanol–water partition coefficient (Wildman–Crippen LogP) is 2.87. The van der Waals surface area contributed by atoms with Crippen molar-refractivity contribution in [2.24, 2.45) is 0 Å². The second-order valence-electron chi connectivity index (χ2n) is 4.62. The molecule has 0 saturated carbocycles. The Balaban J connectivity index is 2.32. The van der Waals surface area contributed by atoms with Crippen LogP contribution in [0.2, 0.25) is 5.02 Å². The summed E-state index contributed by atoms with van der Waals surface area (Å²) in [5.74, 6) is 0.315. The monoisotopic (exact) mass is 369 g/mol. The molecule has 0 aliphatic heterocycles. The minimum atomic E-state index is -4.61. The zero-order chi connectivity index (χ0) is 17.4. The Hall–Kier alpha value is -1.65. The lowest BCUT2D eigenvalue weighted by molar-refractivity contribution is -0.137. The van der Waals surface area contributed by atoms with Crippen molar-refractivity contribution in [3.05, 3.63) is 40.6 Å². The number of aryl methyl sites for hydroxylation is 1. The number of halogens is 4. The first-order valence-electron chi connectivity index (χ1n) is 6.14. The van der Waals surface area contributed by atoms with Gasteiger partial charge in [-0.05, 0) is 18.2 Å². The van der Waals surface area contributed by atoms with Crippen LogP contribution in [-0.2, 0) is 22.7 Å². The normalized spacial score (nSPS) is 12.8. The molecule has 0 radical (unpaired) electrons. The summed E-state index contributed by atoms with van der Waals surface area (Å²) >= 11 is 5.71. The van der Waals surface area contributed by atoms with Crippen LogP contribution in [0.3, 0.4) is 0 Å². The van der Waals surface area contributed by atoms with E-state index in [-0.39, 0.29) is 18.3 Å². The van der Waals surface area contributed by atoms with Gasteiger partial charge in [-0.25, -0.2) is 8.42 Å². The molecule has 0 aliphatic carbocycles. The first kappa shape index (κ1) is 17.7. The third-order valence-corrected chi connectivity index (χ3v) is 5.16. The van der Waals surface area contributed by atoms with Crippen LogP contribution in [-0.4, -0.2) is 30.0 Å². The smallest absolute Gasteiger partial charge is 0.416 e. The summed E-state index contributed by atoms with van der Waals surface area (Å²) in [6.07, 6.45) is -4.61. The Kier molecular flexibility index (Phi) is 4.69. The van der Waals surface area contributed by atoms with Gasteiger partial charge in [0.1, 0.15) is 4.90 Å². The number of nitrogens with zero attached hydrogens (tertiary/aromatic N) is 3. The number of hydrogen-bond acceptors (Lipinski definition) is 5. The van der Waals surface area contributed by atoms with Crippen molar-refractivity contribution in [2.75, 3.05) is 7.05 Å². The summed E-state index contributed by atoms with van der Waals surface area (Å²) in [7, 11) is -2.89. The fraction of sp³-hybridized carbons (Fsp3) is 0.333. The topological polar surface area (TPSA) is 76.3 Å². The molecule has 2 rings (SSSR count). The van der Waals surface area contributed by atoms with E-state index >= 15 is 0 Å². The van der Waals surface area contributed by atoms with Gasteiger partial charge in [-0.3, -0.25) is 0 Å². The maximum atomic E-state index is 12.6. The lowest BCUT2D eigenvalue weighted by Crippen LogP contribution is -2.27. The quantitative estimate of drug-likeness (QED) is 0.828. The van der Waals surface area contributed by atoms with E-state index in [1.54, 1.807) is 0 Å². The number of rotatable bonds is 4. The Labute approximate surface area is 134 Å². The van der Waals surface area contributed by atoms with Gasteiger partial charge in [-0.1, -0.05) is 11.6 Å². The molecule has 0 aliphatic rings. The summed E-state index contributed by atoms with van der Waals surface area (Å²) in [6, 6.07) is 2.04. The van der Waals surface area contributed by atoms with Crippen molar-refractivity contribution < 1.29 is 26.0 Å². The van der Waals surface area contributed by atoms with Crippen molar-refractivity contribution in [2.45, 2.75) is 24.5 Å². The van der Waals surface area contributed by atoms with E-state index in [1.165, 1.54) is 14.0 Å². The minimum Gasteiger partial charge on any atom is -0.424 e. The van der Waals surface area contributed by atoms with Crippen LogP contribution in [0.25, 0.3) is 0 Å². The fourth-order valence-corrected chi connectivity index (χ4v) is 3.37. The molecular formula is C12H11ClF3N3O3S. The van der Waals surface area contributed by atoms with Crippen molar-refractivity contribution in [3.8, 4) is 0 Å². The number of sulfonamides is 1. The molecule has 1 heterocycles. The second-order valence-corrected chi connectivity index (χ2v) is 7.04. The van der Waals surface area contributed by atoms with Gasteiger partial charge in [0.25, 0.3) is 0 Å². The average molecular weight is 370 g/mol. The lowest BCUT2D eigenvalue weighted by Gasteiger charge is -2.17. The largest absolute Gasteiger partial charge is 0.424 e. The van der Waals surface area contributed by atoms with Gasteiger partial charge in [-0.2, -0.15) is 17.5 Å². The Morgan fingerprint density at radius 2 is 1.96 bits per heavy atom. The zero-order valence-corrected chi connectivity index (χ0v) is 13.5. The third kappa shape index (κ3) is 3.82. The highest BCUT2D eigenvalue weighted by molar-refractivity contribution is 7.89. The van der Waals surface area contributed by atoms with Crippen molar-refractivity contribution in [1.82, 2.24) is 14.5 Å². The highest BCUT2D eigenvalue weighted by atomic mass is 35.5. The van der Waals surface area contributed by atoms with Crippen molar-refractivity contribution in [3.63, 3.8) is 0 Å². The molecule has 23 heavy (non-hydrogen) atoms. The van der Waals surface area contributed by atoms with Crippen LogP contribution in [0.1, 0.15) is 17.3 Å². The molecule has 6 nitrogen and oxygen atoms in total. The predicted molar refractivity (Wildman–Crippen MR) is 74.1 cm³/mol. The van der Waals surface area contributed by atoms with Crippen LogP contribution in [0, 0.1) is 6.92 Å². The van der Waals surface area contributed by atoms with Gasteiger partial charge in [0.05, 0.1) is 17.1 Å². The molecule has 2 aromatic rings. The molecule has 0 atom stereocenters. The second kappa shape index (κ2) is 6.10. The number of benzene rings is 1. The Bertz CT molecular complexity index is 820. The molecule has 0 saturated heterocycles. The van der Waals surface area contributed by atoms with Gasteiger partial charge >= 0.3 is 6.18 Å². The number of aromatic nitrogens is 2. The highest BCUT2D eigenvalue weighted by Gasteiger charge is 2.33. The van der Waals surface area contributed by atoms with E-state index in [9.17, 15) is 21.6 Å². The summed E-state index contributed by atoms with van der Waals surface area (Å²) in [4.78, 5) is -0.439. The molecule has 0 N–H and O–H groups in total. The molecular weight excluding hydrogens is 359 g/mol. The SMILES string of the molecule is Cc1nnc(CN(C)S(=O)(=O)c2ccc(C(F)(F)F)cc2Cl)o1. The van der Waals surface area contributed by atoms with Crippen LogP contribution in [0.5, 0.6) is 0 Å². The molecule has 126 valence electrons. The Morgan fingerprint density at radius 1 is 1.30 bits per heavy atom. The molecule has 1 aromatic heterocycles. The van der Waals surface area contributed by atoms with Gasteiger partial charge in [0.2, 0.25) is 21.8 Å². The zero-order valence-electron chi connectivity index (χ0n) is 11.9. The molecule has 0 fully saturated rings. The van der Waals surface area contributed by atoms with Crippen LogP contribution >= 0.6 is 11.6 Å². The van der Waals surface area contributed by atoms with E-state index < -0.39 is 31.7 Å². The molecule has 0 amide bonds. The summed E-state index contributed by atoms with van der Waals surface area (Å²) < 4.78 is 68.5. The van der Waals surface area contributed by atoms with E-state index in [0.717, 1.165) is 10.4 Å². The van der Waals surface area contributed by atoms with E-state index in [4.69, 9.17) is 16.0 Å². The van der Waals surface area contributed by atoms with Gasteiger partial charge < -0.3 is 4.42 Å². The van der Waals surface area contributed by atoms with Crippen molar-refractivity contribution >= 4 is 21.6 Å². The van der Waals surface area contributed by atoms with E-state index in [2.05, 4.69) is 10.2 Å². The first-order valence-corrected chi connectivity index (χ1v) is 7.95. The molecule has 0 spiro atoms. The fourth-order valence-electron chi connectivity index (χ4n) is 1.73. The van der Waals surface area contributed by atoms with Gasteiger partial charge in [0.15, 0.2) is 0 Å². The van der Waals surface area contributed by atoms with E-state index in [1.807, 2.05) is 0 Å². The first-order chi connectivity index (χ1) is 10.5. The summed E-state index contributed by atoms with van der Waals surface area (Å²) in [5, 5.41) is 6.70. The molecule has 1 aromatic carbocycles. The van der Waals surface area contributed by atoms with Crippen molar-refractivity contribution in [1.29, 1.82) is 0 Å². The van der Waals surface area contributed by atoms with Gasteiger partial charge in [0, 0.05) is 14.0 Å². The molecule has 0 bridgehead atoms. The number of hydrogen-bond donors (Lipinski definition) is 0. The van der Waals surface area contributed by atoms with Crippen LogP contribution in [0.15, 0.2) is 27.5 Å². The maximum Gasteiger partial charge on any atom is 0.416 e. The highest BCUT2D eigenvalue weighted by Crippen LogP contribution is 2.34. The van der Waals surface area contributed by atoms with Crippen LogP contribution in [0.4, 0.5) is 13.2 Å². The maximum absolute atomic E-state index is 12.6. The average Bonchev–Trinajstić information content (AvgIpc) is 2.82. The van der Waals surface area contributed by atoms with Gasteiger partial charge in [-0.15, -0.1) is 10.2 Å². The van der Waals surface area contributed by atoms with Crippen LogP contribution < -0.4 is 0 Å². The number of alkyl halides is 3. The third-order valence-electron chi connectivity index (χ3n) is 2.87. The van der Waals surface area contributed by atoms with E-state index in [0.29, 0.717) is 12.1 Å². The summed E-state index contributed by atoms with van der Waals surface area (Å²) in [6.45, 7) is 1.30. The molecule has 0 unspecified atom stereocenters. The lowest BCUT2D eigenvalue weighted by atomic mass is 10.2. The molecule has 11 heteroatoms. The Morgan fingerprint density at radius 3 is 2.43 bits per heavy atom. The standard InChI is InChI=1S/C12H11ClF3N3O3S/c1-7-17-18-11(22-7)6-19(2)23(20,21)10-4-3-8(5-9(10)13)12(14,15)16/h3-5H,6H2,1-2H3. The summed E-state index contributed by atoms with van der Waals surface area (Å²) in [5.41, 5.74) is -1.03. The minimum absolute atomic E-state index is 0.0524.